The van der Waals surface area contributed by atoms with Gasteiger partial charge < -0.3 is 10.4 Å². The van der Waals surface area contributed by atoms with Crippen LogP contribution >= 0.6 is 0 Å². The van der Waals surface area contributed by atoms with Gasteiger partial charge in [-0.2, -0.15) is 0 Å². The van der Waals surface area contributed by atoms with Crippen molar-refractivity contribution in [2.45, 2.75) is 45.1 Å². The maximum atomic E-state index is 11.8. The second-order valence-corrected chi connectivity index (χ2v) is 8.30. The largest absolute Gasteiger partial charge is 0.481 e. The van der Waals surface area contributed by atoms with Gasteiger partial charge in [0.15, 0.2) is 0 Å². The van der Waals surface area contributed by atoms with Crippen molar-refractivity contribution in [3.63, 3.8) is 0 Å². The number of carbonyl (C=O) groups is 2. The minimum Gasteiger partial charge on any atom is -0.481 e. The van der Waals surface area contributed by atoms with Crippen LogP contribution in [0.3, 0.4) is 0 Å². The summed E-state index contributed by atoms with van der Waals surface area (Å²) in [5.41, 5.74) is 2.01. The van der Waals surface area contributed by atoms with Gasteiger partial charge in [0, 0.05) is 26.1 Å². The first-order chi connectivity index (χ1) is 12.9. The van der Waals surface area contributed by atoms with Crippen LogP contribution in [-0.4, -0.2) is 47.1 Å². The van der Waals surface area contributed by atoms with Crippen molar-refractivity contribution in [2.75, 3.05) is 19.6 Å². The van der Waals surface area contributed by atoms with E-state index >= 15 is 0 Å². The van der Waals surface area contributed by atoms with Crippen LogP contribution in [0, 0.1) is 11.8 Å². The first-order valence-corrected chi connectivity index (χ1v) is 9.90. The summed E-state index contributed by atoms with van der Waals surface area (Å²) in [6.45, 7) is 6.90. The number of carboxylic acid groups (broad SMARTS) is 1. The molecule has 2 aliphatic heterocycles. The number of aliphatic carboxylic acids is 1. The number of benzene rings is 1. The van der Waals surface area contributed by atoms with Crippen molar-refractivity contribution in [3.05, 3.63) is 42.0 Å². The van der Waals surface area contributed by atoms with E-state index in [2.05, 4.69) is 54.4 Å². The Morgan fingerprint density at radius 3 is 2.56 bits per heavy atom. The molecule has 1 aromatic carbocycles. The van der Waals surface area contributed by atoms with Crippen LogP contribution in [0.4, 0.5) is 0 Å². The summed E-state index contributed by atoms with van der Waals surface area (Å²) in [5.74, 6) is -0.975. The fourth-order valence-corrected chi connectivity index (χ4v) is 4.25. The van der Waals surface area contributed by atoms with Gasteiger partial charge in [-0.25, -0.2) is 0 Å². The highest BCUT2D eigenvalue weighted by atomic mass is 16.4. The molecule has 0 aliphatic carbocycles. The molecule has 0 unspecified atom stereocenters. The quantitative estimate of drug-likeness (QED) is 0.807. The third-order valence-electron chi connectivity index (χ3n) is 5.87. The zero-order valence-corrected chi connectivity index (χ0v) is 16.3. The highest BCUT2D eigenvalue weighted by molar-refractivity contribution is 5.88. The molecule has 0 bridgehead atoms. The topological polar surface area (TPSA) is 69.6 Å². The molecule has 0 aromatic heterocycles. The number of hydrogen-bond acceptors (Lipinski definition) is 3. The van der Waals surface area contributed by atoms with E-state index in [0.29, 0.717) is 18.8 Å². The Hall–Kier alpha value is -2.14. The number of likely N-dealkylation sites (tertiary alicyclic amines) is 1. The summed E-state index contributed by atoms with van der Waals surface area (Å²) in [4.78, 5) is 25.8. The van der Waals surface area contributed by atoms with Gasteiger partial charge in [-0.05, 0) is 36.3 Å². The van der Waals surface area contributed by atoms with E-state index in [4.69, 9.17) is 0 Å². The number of carbonyl (C=O) groups excluding carboxylic acids is 1. The average Bonchev–Trinajstić information content (AvgIpc) is 2.97. The molecule has 2 aliphatic rings. The monoisotopic (exact) mass is 370 g/mol. The molecule has 5 nitrogen and oxygen atoms in total. The van der Waals surface area contributed by atoms with Gasteiger partial charge in [0.2, 0.25) is 5.91 Å². The molecule has 2 N–H and O–H groups in total. The van der Waals surface area contributed by atoms with Crippen LogP contribution in [0.15, 0.2) is 36.4 Å². The van der Waals surface area contributed by atoms with Crippen molar-refractivity contribution in [2.24, 2.45) is 11.8 Å². The zero-order chi connectivity index (χ0) is 19.4. The highest BCUT2D eigenvalue weighted by Gasteiger charge is 2.51. The molecule has 0 radical (unpaired) electrons. The Labute approximate surface area is 161 Å². The van der Waals surface area contributed by atoms with E-state index in [0.717, 1.165) is 26.1 Å². The lowest BCUT2D eigenvalue weighted by Gasteiger charge is -2.41. The van der Waals surface area contributed by atoms with Crippen LogP contribution in [0.1, 0.15) is 45.1 Å². The molecule has 1 amide bonds. The Balaban J connectivity index is 1.68. The van der Waals surface area contributed by atoms with Crippen molar-refractivity contribution in [1.29, 1.82) is 0 Å². The van der Waals surface area contributed by atoms with E-state index in [9.17, 15) is 14.7 Å². The number of rotatable bonds is 6. The van der Waals surface area contributed by atoms with E-state index < -0.39 is 17.4 Å². The first-order valence-electron chi connectivity index (χ1n) is 9.90. The molecule has 1 aromatic rings. The van der Waals surface area contributed by atoms with Crippen LogP contribution in [0.5, 0.6) is 0 Å². The molecule has 1 atom stereocenters. The van der Waals surface area contributed by atoms with Gasteiger partial charge in [-0.1, -0.05) is 50.3 Å². The standard InChI is InChI=1S/C22H30N2O3/c1-16(2)8-9-18(17-6-4-3-5-7-17)15-24-12-10-22(11-13-24)19(21(26)27)14-20(25)23-22/h3-7,9,16,19H,8,10-15H2,1-2H3,(H,23,25)(H,26,27)/b18-9+/t19-/m1/s1. The number of allylic oxidation sites excluding steroid dienone is 1. The predicted octanol–water partition coefficient (Wildman–Crippen LogP) is 3.17. The van der Waals surface area contributed by atoms with Gasteiger partial charge in [0.05, 0.1) is 11.5 Å². The smallest absolute Gasteiger partial charge is 0.309 e. The average molecular weight is 370 g/mol. The van der Waals surface area contributed by atoms with Crippen molar-refractivity contribution < 1.29 is 14.7 Å². The van der Waals surface area contributed by atoms with E-state index in [1.165, 1.54) is 11.1 Å². The van der Waals surface area contributed by atoms with E-state index in [1.54, 1.807) is 0 Å². The van der Waals surface area contributed by atoms with Crippen LogP contribution < -0.4 is 5.32 Å². The fraction of sp³-hybridized carbons (Fsp3) is 0.545. The SMILES string of the molecule is CC(C)C/C=C(\CN1CCC2(CC1)NC(=O)C[C@@H]2C(=O)O)c1ccccc1. The minimum atomic E-state index is -0.858. The van der Waals surface area contributed by atoms with Crippen LogP contribution in [-0.2, 0) is 9.59 Å². The number of nitrogens with one attached hydrogen (secondary N) is 1. The Morgan fingerprint density at radius 1 is 1.30 bits per heavy atom. The van der Waals surface area contributed by atoms with Crippen LogP contribution in [0.2, 0.25) is 0 Å². The number of piperidine rings is 1. The van der Waals surface area contributed by atoms with E-state index in [-0.39, 0.29) is 12.3 Å². The predicted molar refractivity (Wildman–Crippen MR) is 106 cm³/mol. The maximum absolute atomic E-state index is 11.8. The first kappa shape index (κ1) is 19.6. The number of nitrogens with zero attached hydrogens (tertiary/aromatic N) is 1. The third-order valence-corrected chi connectivity index (χ3v) is 5.87. The van der Waals surface area contributed by atoms with Gasteiger partial charge in [-0.15, -0.1) is 0 Å². The van der Waals surface area contributed by atoms with Crippen molar-refractivity contribution in [3.8, 4) is 0 Å². The normalized spacial score (nSPS) is 23.0. The Morgan fingerprint density at radius 2 is 1.96 bits per heavy atom. The van der Waals surface area contributed by atoms with Gasteiger partial charge in [0.1, 0.15) is 0 Å². The van der Waals surface area contributed by atoms with Crippen molar-refractivity contribution in [1.82, 2.24) is 10.2 Å². The number of carboxylic acids is 1. The third kappa shape index (κ3) is 4.59. The summed E-state index contributed by atoms with van der Waals surface area (Å²) in [6, 6.07) is 10.5. The van der Waals surface area contributed by atoms with Crippen molar-refractivity contribution >= 4 is 17.4 Å². The molecule has 27 heavy (non-hydrogen) atoms. The summed E-state index contributed by atoms with van der Waals surface area (Å²) in [7, 11) is 0. The molecule has 2 fully saturated rings. The summed E-state index contributed by atoms with van der Waals surface area (Å²) in [5, 5.41) is 12.5. The molecule has 146 valence electrons. The van der Waals surface area contributed by atoms with Crippen LogP contribution in [0.25, 0.3) is 5.57 Å². The zero-order valence-electron chi connectivity index (χ0n) is 16.3. The molecule has 0 saturated carbocycles. The Kier molecular flexibility index (Phi) is 6.00. The summed E-state index contributed by atoms with van der Waals surface area (Å²) >= 11 is 0. The molecule has 1 spiro atoms. The van der Waals surface area contributed by atoms with Gasteiger partial charge in [-0.3, -0.25) is 14.5 Å². The molecular formula is C22H30N2O3. The van der Waals surface area contributed by atoms with E-state index in [1.807, 2.05) is 6.07 Å². The van der Waals surface area contributed by atoms with Gasteiger partial charge in [0.25, 0.3) is 0 Å². The lowest BCUT2D eigenvalue weighted by atomic mass is 9.77. The lowest BCUT2D eigenvalue weighted by Crippen LogP contribution is -2.55. The fourth-order valence-electron chi connectivity index (χ4n) is 4.25. The summed E-state index contributed by atoms with van der Waals surface area (Å²) < 4.78 is 0. The van der Waals surface area contributed by atoms with Gasteiger partial charge >= 0.3 is 5.97 Å². The Bertz CT molecular complexity index is 704. The number of amides is 1. The molecule has 2 saturated heterocycles. The second kappa shape index (κ2) is 8.26. The molecular weight excluding hydrogens is 340 g/mol. The molecule has 2 heterocycles. The molecule has 3 rings (SSSR count). The molecule has 5 heteroatoms. The lowest BCUT2D eigenvalue weighted by molar-refractivity contribution is -0.144. The highest BCUT2D eigenvalue weighted by Crippen LogP contribution is 2.37. The maximum Gasteiger partial charge on any atom is 0.309 e. The second-order valence-electron chi connectivity index (χ2n) is 8.30. The summed E-state index contributed by atoms with van der Waals surface area (Å²) in [6.07, 6.45) is 4.88. The minimum absolute atomic E-state index is 0.110. The number of hydrogen-bond donors (Lipinski definition) is 2.